The lowest BCUT2D eigenvalue weighted by atomic mass is 9.66. The molecule has 0 unspecified atom stereocenters. The molecule has 0 saturated carbocycles. The van der Waals surface area contributed by atoms with Gasteiger partial charge in [0, 0.05) is 35.9 Å². The Kier molecular flexibility index (Phi) is 8.41. The summed E-state index contributed by atoms with van der Waals surface area (Å²) in [6.45, 7) is 10.1. The number of amides is 2. The van der Waals surface area contributed by atoms with E-state index in [9.17, 15) is 19.5 Å². The second kappa shape index (κ2) is 11.0. The molecule has 3 rings (SSSR count). The number of likely N-dealkylation sites (tertiary alicyclic amines) is 1. The molecule has 1 aromatic heterocycles. The van der Waals surface area contributed by atoms with Gasteiger partial charge in [0.25, 0.3) is 5.91 Å². The number of halogens is 1. The lowest BCUT2D eigenvalue weighted by Crippen LogP contribution is -2.60. The number of esters is 1. The highest BCUT2D eigenvalue weighted by molar-refractivity contribution is 6.30. The van der Waals surface area contributed by atoms with E-state index < -0.39 is 28.9 Å². The fourth-order valence-corrected chi connectivity index (χ4v) is 4.72. The molecule has 1 aromatic carbocycles. The first kappa shape index (κ1) is 27.6. The lowest BCUT2D eigenvalue weighted by Gasteiger charge is -2.51. The van der Waals surface area contributed by atoms with Gasteiger partial charge in [0.1, 0.15) is 6.04 Å². The standard InChI is InChI=1S/C27H34ClN3O5/c1-6-36-25(34)19-13-18(14-29-15-19)23(32)30-22(17(2)3)24(33)31-12-11-27(35,26(4,5)16-31)20-7-9-21(28)10-8-20/h7-10,13-15,17,22,35H,6,11-12,16H2,1-5H3,(H,30,32)/t22-,27+/m1/s1. The van der Waals surface area contributed by atoms with Crippen LogP contribution in [-0.2, 0) is 15.1 Å². The zero-order valence-corrected chi connectivity index (χ0v) is 22.1. The SMILES string of the molecule is CCOC(=O)c1cncc(C(=O)N[C@@H](C(=O)N2CC[C@](O)(c3ccc(Cl)cc3)C(C)(C)C2)C(C)C)c1. The zero-order chi connectivity index (χ0) is 26.7. The van der Waals surface area contributed by atoms with Gasteiger partial charge in [-0.2, -0.15) is 0 Å². The molecule has 8 nitrogen and oxygen atoms in total. The Bertz CT molecular complexity index is 1120. The van der Waals surface area contributed by atoms with E-state index in [4.69, 9.17) is 16.3 Å². The van der Waals surface area contributed by atoms with Gasteiger partial charge in [0.2, 0.25) is 5.91 Å². The zero-order valence-electron chi connectivity index (χ0n) is 21.4. The summed E-state index contributed by atoms with van der Waals surface area (Å²) in [5, 5.41) is 15.0. The van der Waals surface area contributed by atoms with Gasteiger partial charge in [-0.05, 0) is 43.0 Å². The van der Waals surface area contributed by atoms with Crippen LogP contribution in [0.5, 0.6) is 0 Å². The fourth-order valence-electron chi connectivity index (χ4n) is 4.60. The van der Waals surface area contributed by atoms with Crippen LogP contribution in [0.25, 0.3) is 0 Å². The molecule has 1 aliphatic rings. The summed E-state index contributed by atoms with van der Waals surface area (Å²) in [5.41, 5.74) is -0.708. The van der Waals surface area contributed by atoms with Crippen molar-refractivity contribution in [3.05, 3.63) is 64.4 Å². The number of aliphatic hydroxyl groups is 1. The number of benzene rings is 1. The van der Waals surface area contributed by atoms with Crippen molar-refractivity contribution in [1.82, 2.24) is 15.2 Å². The lowest BCUT2D eigenvalue weighted by molar-refractivity contribution is -0.155. The van der Waals surface area contributed by atoms with Crippen molar-refractivity contribution in [2.45, 2.75) is 52.7 Å². The number of hydrogen-bond donors (Lipinski definition) is 2. The van der Waals surface area contributed by atoms with Gasteiger partial charge >= 0.3 is 5.97 Å². The van der Waals surface area contributed by atoms with Crippen molar-refractivity contribution in [2.75, 3.05) is 19.7 Å². The highest BCUT2D eigenvalue weighted by Gasteiger charge is 2.50. The Labute approximate surface area is 217 Å². The van der Waals surface area contributed by atoms with Crippen LogP contribution in [-0.4, -0.2) is 58.5 Å². The average molecular weight is 516 g/mol. The van der Waals surface area contributed by atoms with Crippen LogP contribution in [0.15, 0.2) is 42.7 Å². The van der Waals surface area contributed by atoms with Crippen LogP contribution in [0.2, 0.25) is 5.02 Å². The molecule has 9 heteroatoms. The van der Waals surface area contributed by atoms with Gasteiger partial charge < -0.3 is 20.1 Å². The van der Waals surface area contributed by atoms with E-state index in [1.54, 1.807) is 24.0 Å². The smallest absolute Gasteiger partial charge is 0.339 e. The Morgan fingerprint density at radius 1 is 1.17 bits per heavy atom. The van der Waals surface area contributed by atoms with E-state index in [0.29, 0.717) is 24.5 Å². The number of nitrogens with zero attached hydrogens (tertiary/aromatic N) is 2. The van der Waals surface area contributed by atoms with Crippen molar-refractivity contribution in [2.24, 2.45) is 11.3 Å². The third-order valence-corrected chi connectivity index (χ3v) is 7.07. The molecule has 0 radical (unpaired) electrons. The first-order valence-corrected chi connectivity index (χ1v) is 12.5. The van der Waals surface area contributed by atoms with Crippen molar-refractivity contribution < 1.29 is 24.2 Å². The minimum atomic E-state index is -1.13. The van der Waals surface area contributed by atoms with Crippen LogP contribution >= 0.6 is 11.6 Å². The van der Waals surface area contributed by atoms with Crippen LogP contribution in [0.3, 0.4) is 0 Å². The fraction of sp³-hybridized carbons (Fsp3) is 0.481. The molecule has 2 aromatic rings. The minimum absolute atomic E-state index is 0.162. The van der Waals surface area contributed by atoms with E-state index in [1.807, 2.05) is 39.8 Å². The molecule has 2 atom stereocenters. The maximum absolute atomic E-state index is 13.6. The quantitative estimate of drug-likeness (QED) is 0.543. The first-order valence-electron chi connectivity index (χ1n) is 12.1. The van der Waals surface area contributed by atoms with E-state index in [1.165, 1.54) is 18.5 Å². The molecule has 2 amide bonds. The number of hydrogen-bond acceptors (Lipinski definition) is 6. The Morgan fingerprint density at radius 2 is 1.81 bits per heavy atom. The topological polar surface area (TPSA) is 109 Å². The highest BCUT2D eigenvalue weighted by atomic mass is 35.5. The number of pyridine rings is 1. The molecule has 2 heterocycles. The minimum Gasteiger partial charge on any atom is -0.462 e. The number of carbonyl (C=O) groups excluding carboxylic acids is 3. The first-order chi connectivity index (χ1) is 16.9. The molecular weight excluding hydrogens is 482 g/mol. The predicted octanol–water partition coefficient (Wildman–Crippen LogP) is 3.81. The molecule has 1 saturated heterocycles. The molecule has 0 aliphatic carbocycles. The maximum Gasteiger partial charge on any atom is 0.339 e. The highest BCUT2D eigenvalue weighted by Crippen LogP contribution is 2.46. The van der Waals surface area contributed by atoms with Crippen LogP contribution < -0.4 is 5.32 Å². The summed E-state index contributed by atoms with van der Waals surface area (Å²) in [6.07, 6.45) is 3.02. The Hall–Kier alpha value is -2.97. The molecule has 1 fully saturated rings. The van der Waals surface area contributed by atoms with Crippen molar-refractivity contribution in [1.29, 1.82) is 0 Å². The summed E-state index contributed by atoms with van der Waals surface area (Å²) >= 11 is 6.02. The van der Waals surface area contributed by atoms with Gasteiger partial charge in [0.15, 0.2) is 0 Å². The normalized spacial score (nSPS) is 20.1. The molecular formula is C27H34ClN3O5. The molecule has 2 N–H and O–H groups in total. The van der Waals surface area contributed by atoms with E-state index in [-0.39, 0.29) is 29.6 Å². The number of rotatable bonds is 7. The number of aromatic nitrogens is 1. The third-order valence-electron chi connectivity index (χ3n) is 6.81. The van der Waals surface area contributed by atoms with Crippen LogP contribution in [0.4, 0.5) is 0 Å². The third kappa shape index (κ3) is 5.71. The predicted molar refractivity (Wildman–Crippen MR) is 137 cm³/mol. The summed E-state index contributed by atoms with van der Waals surface area (Å²) < 4.78 is 4.98. The summed E-state index contributed by atoms with van der Waals surface area (Å²) in [7, 11) is 0. The molecule has 0 spiro atoms. The van der Waals surface area contributed by atoms with E-state index in [2.05, 4.69) is 10.3 Å². The van der Waals surface area contributed by atoms with E-state index in [0.717, 1.165) is 5.56 Å². The largest absolute Gasteiger partial charge is 0.462 e. The molecule has 0 bridgehead atoms. The van der Waals surface area contributed by atoms with Crippen molar-refractivity contribution in [3.8, 4) is 0 Å². The van der Waals surface area contributed by atoms with Gasteiger partial charge in [-0.1, -0.05) is 51.4 Å². The van der Waals surface area contributed by atoms with Gasteiger partial charge in [-0.25, -0.2) is 4.79 Å². The number of carbonyl (C=O) groups is 3. The second-order valence-electron chi connectivity index (χ2n) is 10.1. The molecule has 1 aliphatic heterocycles. The summed E-state index contributed by atoms with van der Waals surface area (Å²) in [6, 6.07) is 7.74. The monoisotopic (exact) mass is 515 g/mol. The maximum atomic E-state index is 13.6. The second-order valence-corrected chi connectivity index (χ2v) is 10.6. The Balaban J connectivity index is 1.76. The van der Waals surface area contributed by atoms with Gasteiger partial charge in [0.05, 0.1) is 23.3 Å². The molecule has 36 heavy (non-hydrogen) atoms. The number of piperidine rings is 1. The van der Waals surface area contributed by atoms with E-state index >= 15 is 0 Å². The van der Waals surface area contributed by atoms with Crippen molar-refractivity contribution in [3.63, 3.8) is 0 Å². The van der Waals surface area contributed by atoms with Crippen molar-refractivity contribution >= 4 is 29.4 Å². The number of ether oxygens (including phenoxy) is 1. The van der Waals surface area contributed by atoms with Gasteiger partial charge in [-0.15, -0.1) is 0 Å². The average Bonchev–Trinajstić information content (AvgIpc) is 2.84. The van der Waals surface area contributed by atoms with Crippen LogP contribution in [0.1, 0.15) is 67.3 Å². The van der Waals surface area contributed by atoms with Gasteiger partial charge in [-0.3, -0.25) is 14.6 Å². The summed E-state index contributed by atoms with van der Waals surface area (Å²) in [5.74, 6) is -1.49. The Morgan fingerprint density at radius 3 is 2.39 bits per heavy atom. The summed E-state index contributed by atoms with van der Waals surface area (Å²) in [4.78, 5) is 44.3. The van der Waals surface area contributed by atoms with Crippen LogP contribution in [0, 0.1) is 11.3 Å². The molecule has 194 valence electrons. The number of nitrogens with one attached hydrogen (secondary N) is 1.